The van der Waals surface area contributed by atoms with Gasteiger partial charge in [0.25, 0.3) is 11.8 Å². The summed E-state index contributed by atoms with van der Waals surface area (Å²) in [7, 11) is 0. The second-order valence-corrected chi connectivity index (χ2v) is 11.9. The molecule has 2 atom stereocenters. The fourth-order valence-electron chi connectivity index (χ4n) is 5.75. The first kappa shape index (κ1) is 35.1. The molecule has 0 radical (unpaired) electrons. The Bertz CT molecular complexity index is 1230. The Balaban J connectivity index is 1.70. The van der Waals surface area contributed by atoms with Gasteiger partial charge in [-0.1, -0.05) is 13.8 Å². The van der Waals surface area contributed by atoms with Crippen molar-refractivity contribution in [3.63, 3.8) is 0 Å². The zero-order valence-electron chi connectivity index (χ0n) is 26.3. The molecule has 2 aromatic carbocycles. The van der Waals surface area contributed by atoms with Gasteiger partial charge in [-0.3, -0.25) is 14.4 Å². The molecule has 1 heterocycles. The molecule has 1 aliphatic rings. The number of carbonyl (C=O) groups excluding carboxylic acids is 3. The number of hydrogen-bond acceptors (Lipinski definition) is 5. The van der Waals surface area contributed by atoms with Crippen LogP contribution in [-0.2, 0) is 11.2 Å². The third-order valence-corrected chi connectivity index (χ3v) is 8.02. The first-order valence-electron chi connectivity index (χ1n) is 15.9. The van der Waals surface area contributed by atoms with Crippen molar-refractivity contribution in [3.05, 3.63) is 70.3 Å². The van der Waals surface area contributed by atoms with Crippen molar-refractivity contribution < 1.29 is 28.3 Å². The van der Waals surface area contributed by atoms with Crippen molar-refractivity contribution in [2.45, 2.75) is 84.3 Å². The Morgan fingerprint density at radius 2 is 1.61 bits per heavy atom. The molecule has 10 heteroatoms. The maximum atomic E-state index is 14.0. The van der Waals surface area contributed by atoms with Gasteiger partial charge in [0.05, 0.1) is 12.1 Å². The summed E-state index contributed by atoms with van der Waals surface area (Å²) in [5, 5.41) is 20.1. The highest BCUT2D eigenvalue weighted by Crippen LogP contribution is 2.18. The van der Waals surface area contributed by atoms with Gasteiger partial charge in [0.2, 0.25) is 5.91 Å². The minimum Gasteiger partial charge on any atom is -0.391 e. The van der Waals surface area contributed by atoms with Crippen molar-refractivity contribution in [2.24, 2.45) is 5.92 Å². The highest BCUT2D eigenvalue weighted by Gasteiger charge is 2.25. The van der Waals surface area contributed by atoms with Crippen molar-refractivity contribution in [3.8, 4) is 0 Å². The van der Waals surface area contributed by atoms with Crippen molar-refractivity contribution in [2.75, 3.05) is 32.7 Å². The van der Waals surface area contributed by atoms with Gasteiger partial charge in [0.1, 0.15) is 11.6 Å². The third-order valence-electron chi connectivity index (χ3n) is 8.02. The number of hydrogen-bond donors (Lipinski definition) is 4. The van der Waals surface area contributed by atoms with E-state index in [-0.39, 0.29) is 42.3 Å². The summed E-state index contributed by atoms with van der Waals surface area (Å²) >= 11 is 0. The number of benzene rings is 2. The van der Waals surface area contributed by atoms with Crippen LogP contribution in [0.25, 0.3) is 0 Å². The zero-order valence-corrected chi connectivity index (χ0v) is 26.3. The molecule has 3 amide bonds. The van der Waals surface area contributed by atoms with E-state index in [1.54, 1.807) is 24.0 Å². The van der Waals surface area contributed by atoms with E-state index in [2.05, 4.69) is 16.0 Å². The van der Waals surface area contributed by atoms with Crippen LogP contribution < -0.4 is 16.0 Å². The topological polar surface area (TPSA) is 111 Å². The van der Waals surface area contributed by atoms with Crippen LogP contribution in [0.1, 0.15) is 90.6 Å². The highest BCUT2D eigenvalue weighted by molar-refractivity contribution is 6.00. The van der Waals surface area contributed by atoms with Crippen LogP contribution in [0.5, 0.6) is 0 Å². The van der Waals surface area contributed by atoms with E-state index in [1.807, 2.05) is 13.8 Å². The van der Waals surface area contributed by atoms with E-state index in [0.29, 0.717) is 31.0 Å². The number of halogens is 2. The number of rotatable bonds is 16. The summed E-state index contributed by atoms with van der Waals surface area (Å²) in [6.07, 6.45) is 3.92. The molecule has 0 aliphatic carbocycles. The van der Waals surface area contributed by atoms with E-state index in [9.17, 15) is 28.3 Å². The van der Waals surface area contributed by atoms with E-state index in [4.69, 9.17) is 0 Å². The summed E-state index contributed by atoms with van der Waals surface area (Å²) in [5.74, 6) is -1.77. The number of amides is 3. The standard InChI is InChI=1S/C34H48F2N4O4/c1-4-14-40(15-5-2)34(44)27-17-23(3)16-26(21-27)33(43)39-30(20-25-18-28(35)22-29(36)19-25)31(41)10-13-38-32(42)7-6-24-8-11-37-12-9-24/h16-19,21-22,24,30-31,37,41H,4-15,20H2,1-3H3,(H,38,42)(H,39,43)/t30-,31-/m0/s1. The van der Waals surface area contributed by atoms with Crippen LogP contribution in [0.2, 0.25) is 0 Å². The maximum Gasteiger partial charge on any atom is 0.253 e. The lowest BCUT2D eigenvalue weighted by atomic mass is 9.93. The van der Waals surface area contributed by atoms with Crippen LogP contribution >= 0.6 is 0 Å². The lowest BCUT2D eigenvalue weighted by Crippen LogP contribution is -2.46. The van der Waals surface area contributed by atoms with Gasteiger partial charge in [-0.25, -0.2) is 8.78 Å². The summed E-state index contributed by atoms with van der Waals surface area (Å²) in [5.41, 5.74) is 1.64. The van der Waals surface area contributed by atoms with Crippen molar-refractivity contribution >= 4 is 17.7 Å². The first-order chi connectivity index (χ1) is 21.1. The van der Waals surface area contributed by atoms with E-state index in [0.717, 1.165) is 69.0 Å². The molecule has 0 saturated carbocycles. The van der Waals surface area contributed by atoms with Gasteiger partial charge in [0.15, 0.2) is 0 Å². The molecule has 0 bridgehead atoms. The molecule has 4 N–H and O–H groups in total. The SMILES string of the molecule is CCCN(CCC)C(=O)c1cc(C)cc(C(=O)N[C@@H](Cc2cc(F)cc(F)c2)[C@@H](O)CCNC(=O)CCC2CCNCC2)c1. The number of aliphatic hydroxyl groups excluding tert-OH is 1. The summed E-state index contributed by atoms with van der Waals surface area (Å²) < 4.78 is 27.9. The predicted octanol–water partition coefficient (Wildman–Crippen LogP) is 4.52. The molecular formula is C34H48F2N4O4. The fourth-order valence-corrected chi connectivity index (χ4v) is 5.75. The second kappa shape index (κ2) is 17.8. The Morgan fingerprint density at radius 3 is 2.25 bits per heavy atom. The Kier molecular flexibility index (Phi) is 14.2. The average Bonchev–Trinajstić information content (AvgIpc) is 2.99. The molecule has 44 heavy (non-hydrogen) atoms. The largest absolute Gasteiger partial charge is 0.391 e. The molecule has 1 aliphatic heterocycles. The van der Waals surface area contributed by atoms with E-state index < -0.39 is 29.7 Å². The van der Waals surface area contributed by atoms with Crippen LogP contribution in [0.15, 0.2) is 36.4 Å². The molecule has 8 nitrogen and oxygen atoms in total. The summed E-state index contributed by atoms with van der Waals surface area (Å²) in [6, 6.07) is 7.12. The van der Waals surface area contributed by atoms with Gasteiger partial charge in [-0.15, -0.1) is 0 Å². The molecule has 1 fully saturated rings. The highest BCUT2D eigenvalue weighted by atomic mass is 19.1. The smallest absolute Gasteiger partial charge is 0.253 e. The molecule has 0 aromatic heterocycles. The first-order valence-corrected chi connectivity index (χ1v) is 15.9. The van der Waals surface area contributed by atoms with Gasteiger partial charge >= 0.3 is 0 Å². The molecule has 242 valence electrons. The van der Waals surface area contributed by atoms with Gasteiger partial charge in [0, 0.05) is 43.2 Å². The number of nitrogens with zero attached hydrogens (tertiary/aromatic N) is 1. The third kappa shape index (κ3) is 11.3. The van der Waals surface area contributed by atoms with E-state index >= 15 is 0 Å². The zero-order chi connectivity index (χ0) is 32.1. The Hall–Kier alpha value is -3.37. The molecule has 3 rings (SSSR count). The van der Waals surface area contributed by atoms with Crippen LogP contribution in [0.4, 0.5) is 8.78 Å². The predicted molar refractivity (Wildman–Crippen MR) is 167 cm³/mol. The second-order valence-electron chi connectivity index (χ2n) is 11.9. The van der Waals surface area contributed by atoms with Crippen LogP contribution in [0, 0.1) is 24.5 Å². The Morgan fingerprint density at radius 1 is 0.977 bits per heavy atom. The van der Waals surface area contributed by atoms with Crippen molar-refractivity contribution in [1.29, 1.82) is 0 Å². The molecule has 0 unspecified atom stereocenters. The number of piperidine rings is 1. The minimum atomic E-state index is -1.12. The summed E-state index contributed by atoms with van der Waals surface area (Å²) in [4.78, 5) is 40.9. The van der Waals surface area contributed by atoms with Gasteiger partial charge < -0.3 is 26.0 Å². The van der Waals surface area contributed by atoms with E-state index in [1.165, 1.54) is 6.07 Å². The van der Waals surface area contributed by atoms with Crippen LogP contribution in [0.3, 0.4) is 0 Å². The number of aliphatic hydroxyl groups is 1. The van der Waals surface area contributed by atoms with Gasteiger partial charge in [-0.2, -0.15) is 0 Å². The van der Waals surface area contributed by atoms with Crippen LogP contribution in [-0.4, -0.2) is 72.6 Å². The van der Waals surface area contributed by atoms with Gasteiger partial charge in [-0.05, 0) is 112 Å². The lowest BCUT2D eigenvalue weighted by molar-refractivity contribution is -0.121. The lowest BCUT2D eigenvalue weighted by Gasteiger charge is -2.25. The number of nitrogens with one attached hydrogen (secondary N) is 3. The number of carbonyl (C=O) groups is 3. The molecule has 2 aromatic rings. The van der Waals surface area contributed by atoms with Crippen molar-refractivity contribution in [1.82, 2.24) is 20.9 Å². The summed E-state index contributed by atoms with van der Waals surface area (Å²) in [6.45, 7) is 9.14. The normalized spacial score (nSPS) is 15.0. The fraction of sp³-hybridized carbons (Fsp3) is 0.559. The number of aryl methyl sites for hydroxylation is 1. The Labute approximate surface area is 260 Å². The quantitative estimate of drug-likeness (QED) is 0.222. The minimum absolute atomic E-state index is 0.0381. The monoisotopic (exact) mass is 614 g/mol. The molecule has 1 saturated heterocycles. The average molecular weight is 615 g/mol. The maximum absolute atomic E-state index is 14.0. The molecule has 0 spiro atoms. The molecular weight excluding hydrogens is 566 g/mol.